The summed E-state index contributed by atoms with van der Waals surface area (Å²) in [5, 5.41) is 0. The van der Waals surface area contributed by atoms with Crippen molar-refractivity contribution in [1.29, 1.82) is 0 Å². The van der Waals surface area contributed by atoms with Gasteiger partial charge in [-0.15, -0.1) is 0 Å². The lowest BCUT2D eigenvalue weighted by Gasteiger charge is -2.10. The third kappa shape index (κ3) is 13.4. The fourth-order valence-electron chi connectivity index (χ4n) is 2.48. The Labute approximate surface area is 220 Å². The molecule has 180 valence electrons. The summed E-state index contributed by atoms with van der Waals surface area (Å²) in [4.78, 5) is 30.5. The summed E-state index contributed by atoms with van der Waals surface area (Å²) < 4.78 is 11.2. The standard InChI is InChI=1S/C11H14BrNO2.C10H13BrN2O2.2H2S/c1-3-15-11(14)6-8(2)9-4-5-13-10(12)7-9;1-2-15-10(14)6-8(12)7-3-4-13-9(11)5-7;;/h4-5,7-8H,3,6H2,1-2H3;3-5,8H,2,6,12H2,1H3;2*1H2/t2*8-;;/m00../s1. The Morgan fingerprint density at radius 3 is 1.81 bits per heavy atom. The number of rotatable bonds is 8. The maximum Gasteiger partial charge on any atom is 0.307 e. The number of carbonyl (C=O) groups excluding carboxylic acids is 2. The molecule has 0 aliphatic heterocycles. The Morgan fingerprint density at radius 2 is 1.34 bits per heavy atom. The second kappa shape index (κ2) is 18.3. The van der Waals surface area contributed by atoms with E-state index < -0.39 is 0 Å². The number of carbonyl (C=O) groups is 2. The number of hydrogen-bond acceptors (Lipinski definition) is 7. The molecule has 2 heterocycles. The minimum atomic E-state index is -0.344. The minimum Gasteiger partial charge on any atom is -0.466 e. The maximum atomic E-state index is 11.3. The van der Waals surface area contributed by atoms with Crippen molar-refractivity contribution < 1.29 is 19.1 Å². The van der Waals surface area contributed by atoms with Gasteiger partial charge in [0.1, 0.15) is 9.21 Å². The first-order chi connectivity index (χ1) is 14.3. The van der Waals surface area contributed by atoms with E-state index in [4.69, 9.17) is 15.2 Å². The van der Waals surface area contributed by atoms with Crippen LogP contribution in [0.3, 0.4) is 0 Å². The summed E-state index contributed by atoms with van der Waals surface area (Å²) in [6.45, 7) is 6.40. The molecule has 0 bridgehead atoms. The number of ether oxygens (including phenoxy) is 2. The van der Waals surface area contributed by atoms with Gasteiger partial charge in [0.15, 0.2) is 0 Å². The summed E-state index contributed by atoms with van der Waals surface area (Å²) in [6, 6.07) is 7.07. The molecule has 0 aliphatic rings. The lowest BCUT2D eigenvalue weighted by atomic mass is 9.99. The van der Waals surface area contributed by atoms with Crippen molar-refractivity contribution >= 4 is 70.8 Å². The molecule has 0 amide bonds. The summed E-state index contributed by atoms with van der Waals surface area (Å²) in [5.74, 6) is -0.279. The average Bonchev–Trinajstić information content (AvgIpc) is 2.68. The van der Waals surface area contributed by atoms with Crippen LogP contribution in [-0.2, 0) is 19.1 Å². The van der Waals surface area contributed by atoms with E-state index in [0.717, 1.165) is 15.7 Å². The van der Waals surface area contributed by atoms with E-state index in [-0.39, 0.29) is 57.3 Å². The average molecular weight is 613 g/mol. The minimum absolute atomic E-state index is 0. The van der Waals surface area contributed by atoms with Crippen molar-refractivity contribution in [1.82, 2.24) is 9.97 Å². The highest BCUT2D eigenvalue weighted by molar-refractivity contribution is 9.10. The quantitative estimate of drug-likeness (QED) is 0.333. The lowest BCUT2D eigenvalue weighted by molar-refractivity contribution is -0.144. The van der Waals surface area contributed by atoms with E-state index in [1.54, 1.807) is 31.5 Å². The van der Waals surface area contributed by atoms with Crippen LogP contribution < -0.4 is 5.73 Å². The Balaban J connectivity index is 0. The summed E-state index contributed by atoms with van der Waals surface area (Å²) in [5.41, 5.74) is 7.80. The molecular weight excluding hydrogens is 582 g/mol. The smallest absolute Gasteiger partial charge is 0.307 e. The normalized spacial score (nSPS) is 11.4. The van der Waals surface area contributed by atoms with Crippen molar-refractivity contribution in [2.75, 3.05) is 13.2 Å². The molecule has 7 nitrogen and oxygen atoms in total. The summed E-state index contributed by atoms with van der Waals surface area (Å²) >= 11 is 6.54. The zero-order chi connectivity index (χ0) is 22.5. The van der Waals surface area contributed by atoms with Crippen LogP contribution in [0.25, 0.3) is 0 Å². The SMILES string of the molecule is CCOC(=O)C[C@H](C)c1ccnc(Br)c1.CCOC(=O)C[C@H](N)c1ccnc(Br)c1.S.S. The van der Waals surface area contributed by atoms with Crippen LogP contribution >= 0.6 is 58.9 Å². The van der Waals surface area contributed by atoms with Gasteiger partial charge in [-0.2, -0.15) is 27.0 Å². The largest absolute Gasteiger partial charge is 0.466 e. The highest BCUT2D eigenvalue weighted by Gasteiger charge is 2.13. The Hall–Kier alpha value is -1.14. The topological polar surface area (TPSA) is 104 Å². The second-order valence-corrected chi connectivity index (χ2v) is 7.97. The van der Waals surface area contributed by atoms with Crippen molar-refractivity contribution in [3.8, 4) is 0 Å². The molecule has 0 saturated heterocycles. The van der Waals surface area contributed by atoms with E-state index in [1.165, 1.54) is 0 Å². The third-order valence-corrected chi connectivity index (χ3v) is 4.84. The molecule has 0 saturated carbocycles. The fourth-order valence-corrected chi connectivity index (χ4v) is 3.24. The molecule has 0 spiro atoms. The first kappa shape index (κ1) is 33.0. The number of esters is 2. The highest BCUT2D eigenvalue weighted by Crippen LogP contribution is 2.21. The second-order valence-electron chi connectivity index (χ2n) is 6.35. The summed E-state index contributed by atoms with van der Waals surface area (Å²) in [7, 11) is 0. The van der Waals surface area contributed by atoms with Crippen LogP contribution in [0, 0.1) is 0 Å². The van der Waals surface area contributed by atoms with Crippen molar-refractivity contribution in [2.45, 2.75) is 45.6 Å². The van der Waals surface area contributed by atoms with Gasteiger partial charge in [0, 0.05) is 18.4 Å². The van der Waals surface area contributed by atoms with Crippen molar-refractivity contribution in [2.24, 2.45) is 5.73 Å². The number of aromatic nitrogens is 2. The molecule has 0 aliphatic carbocycles. The van der Waals surface area contributed by atoms with Gasteiger partial charge in [0.2, 0.25) is 0 Å². The van der Waals surface area contributed by atoms with E-state index in [0.29, 0.717) is 24.2 Å². The molecule has 2 N–H and O–H groups in total. The van der Waals surface area contributed by atoms with Crippen LogP contribution in [0.2, 0.25) is 0 Å². The summed E-state index contributed by atoms with van der Waals surface area (Å²) in [6.07, 6.45) is 3.96. The van der Waals surface area contributed by atoms with Crippen molar-refractivity contribution in [3.05, 3.63) is 57.0 Å². The molecule has 11 heteroatoms. The number of hydrogen-bond donors (Lipinski definition) is 1. The Morgan fingerprint density at radius 1 is 0.906 bits per heavy atom. The van der Waals surface area contributed by atoms with Gasteiger partial charge in [-0.3, -0.25) is 9.59 Å². The van der Waals surface area contributed by atoms with Crippen molar-refractivity contribution in [3.63, 3.8) is 0 Å². The highest BCUT2D eigenvalue weighted by atomic mass is 79.9. The number of halogens is 2. The van der Waals surface area contributed by atoms with Crippen LogP contribution in [0.1, 0.15) is 56.7 Å². The Bertz CT molecular complexity index is 764. The first-order valence-corrected chi connectivity index (χ1v) is 11.1. The van der Waals surface area contributed by atoms with Crippen LogP contribution in [0.15, 0.2) is 45.9 Å². The maximum absolute atomic E-state index is 11.3. The van der Waals surface area contributed by atoms with E-state index in [1.807, 2.05) is 26.0 Å². The van der Waals surface area contributed by atoms with Crippen LogP contribution in [0.5, 0.6) is 0 Å². The molecule has 2 rings (SSSR count). The zero-order valence-electron chi connectivity index (χ0n) is 18.3. The molecule has 0 radical (unpaired) electrons. The monoisotopic (exact) mass is 611 g/mol. The number of nitrogens with two attached hydrogens (primary N) is 1. The van der Waals surface area contributed by atoms with Gasteiger partial charge in [-0.25, -0.2) is 9.97 Å². The van der Waals surface area contributed by atoms with Gasteiger partial charge in [-0.05, 0) is 87.0 Å². The molecule has 32 heavy (non-hydrogen) atoms. The van der Waals surface area contributed by atoms with Gasteiger partial charge in [0.25, 0.3) is 0 Å². The molecule has 0 fully saturated rings. The number of nitrogens with zero attached hydrogens (tertiary/aromatic N) is 2. The first-order valence-electron chi connectivity index (χ1n) is 9.56. The van der Waals surface area contributed by atoms with Crippen LogP contribution in [-0.4, -0.2) is 35.1 Å². The zero-order valence-corrected chi connectivity index (χ0v) is 23.5. The molecular formula is C21H31Br2N3O4S2. The molecule has 2 aromatic rings. The fraction of sp³-hybridized carbons (Fsp3) is 0.429. The van der Waals surface area contributed by atoms with Gasteiger partial charge in [0.05, 0.1) is 26.1 Å². The molecule has 0 aromatic carbocycles. The molecule has 2 atom stereocenters. The van der Waals surface area contributed by atoms with E-state index in [9.17, 15) is 9.59 Å². The molecule has 2 aromatic heterocycles. The van der Waals surface area contributed by atoms with Crippen LogP contribution in [0.4, 0.5) is 0 Å². The lowest BCUT2D eigenvalue weighted by Crippen LogP contribution is -2.17. The van der Waals surface area contributed by atoms with Gasteiger partial charge >= 0.3 is 11.9 Å². The molecule has 0 unspecified atom stereocenters. The predicted octanol–water partition coefficient (Wildman–Crippen LogP) is 4.92. The van der Waals surface area contributed by atoms with E-state index in [2.05, 4.69) is 41.8 Å². The predicted molar refractivity (Wildman–Crippen MR) is 142 cm³/mol. The van der Waals surface area contributed by atoms with Gasteiger partial charge in [-0.1, -0.05) is 6.92 Å². The number of pyridine rings is 2. The van der Waals surface area contributed by atoms with E-state index >= 15 is 0 Å². The van der Waals surface area contributed by atoms with Gasteiger partial charge < -0.3 is 15.2 Å². The third-order valence-electron chi connectivity index (χ3n) is 3.97. The Kier molecular flexibility index (Phi) is 18.9.